The lowest BCUT2D eigenvalue weighted by molar-refractivity contribution is -0.142. The topological polar surface area (TPSA) is 67.2 Å². The molecule has 3 aromatic carbocycles. The van der Waals surface area contributed by atoms with Crippen molar-refractivity contribution in [2.45, 2.75) is 45.8 Å². The van der Waals surface area contributed by atoms with E-state index < -0.39 is 6.04 Å². The monoisotopic (exact) mass is 452 g/mol. The molecule has 0 saturated heterocycles. The van der Waals surface area contributed by atoms with Crippen molar-refractivity contribution in [3.8, 4) is 0 Å². The Balaban J connectivity index is 1.51. The van der Waals surface area contributed by atoms with E-state index in [-0.39, 0.29) is 24.3 Å². The molecular weight excluding hydrogens is 424 g/mol. The molecule has 0 unspecified atom stereocenters. The Labute approximate surface area is 199 Å². The van der Waals surface area contributed by atoms with Crippen LogP contribution in [0.25, 0.3) is 11.0 Å². The van der Waals surface area contributed by atoms with Gasteiger partial charge >= 0.3 is 0 Å². The molecule has 1 aromatic heterocycles. The van der Waals surface area contributed by atoms with Crippen molar-refractivity contribution in [1.29, 1.82) is 0 Å². The number of imidazole rings is 1. The van der Waals surface area contributed by atoms with Crippen molar-refractivity contribution in [2.24, 2.45) is 0 Å². The molecule has 2 amide bonds. The summed E-state index contributed by atoms with van der Waals surface area (Å²) >= 11 is 0. The zero-order valence-corrected chi connectivity index (χ0v) is 19.7. The van der Waals surface area contributed by atoms with Crippen LogP contribution in [0.3, 0.4) is 0 Å². The maximum Gasteiger partial charge on any atom is 0.247 e. The Hall–Kier alpha value is -3.93. The predicted molar refractivity (Wildman–Crippen MR) is 133 cm³/mol. The quantitative estimate of drug-likeness (QED) is 0.445. The summed E-state index contributed by atoms with van der Waals surface area (Å²) in [5.41, 5.74) is 5.66. The zero-order valence-electron chi connectivity index (χ0n) is 19.7. The molecule has 0 fully saturated rings. The summed E-state index contributed by atoms with van der Waals surface area (Å²) in [6, 6.07) is 22.8. The molecular formula is C28H28N4O2. The van der Waals surface area contributed by atoms with Gasteiger partial charge in [-0.15, -0.1) is 0 Å². The lowest BCUT2D eigenvalue weighted by Gasteiger charge is -2.38. The van der Waals surface area contributed by atoms with Gasteiger partial charge in [-0.25, -0.2) is 4.98 Å². The summed E-state index contributed by atoms with van der Waals surface area (Å²) in [6.45, 7) is 6.47. The lowest BCUT2D eigenvalue weighted by atomic mass is 10.0. The third-order valence-corrected chi connectivity index (χ3v) is 6.57. The number of hydrogen-bond acceptors (Lipinski definition) is 3. The molecule has 5 rings (SSSR count). The van der Waals surface area contributed by atoms with Gasteiger partial charge in [0.15, 0.2) is 0 Å². The fourth-order valence-corrected chi connectivity index (χ4v) is 4.82. The van der Waals surface area contributed by atoms with Gasteiger partial charge < -0.3 is 14.8 Å². The minimum absolute atomic E-state index is 0.0392. The molecule has 34 heavy (non-hydrogen) atoms. The van der Waals surface area contributed by atoms with E-state index in [1.54, 1.807) is 0 Å². The van der Waals surface area contributed by atoms with Gasteiger partial charge in [-0.1, -0.05) is 60.2 Å². The molecule has 1 aliphatic rings. The van der Waals surface area contributed by atoms with Crippen LogP contribution in [0.1, 0.15) is 47.9 Å². The average molecular weight is 453 g/mol. The Morgan fingerprint density at radius 2 is 1.74 bits per heavy atom. The number of amides is 2. The molecule has 0 aliphatic carbocycles. The summed E-state index contributed by atoms with van der Waals surface area (Å²) in [7, 11) is 0. The third kappa shape index (κ3) is 3.96. The standard InChI is InChI=1S/C28H28N4O2/c1-18-13-14-22(19(2)15-18)29-26(33)16-25-28(34)31(17-21-9-5-4-6-10-21)20(3)27-30-23-11-7-8-12-24(23)32(25)27/h4-15,20,25H,16-17H2,1-3H3,(H,29,33)/t20-,25-/m0/s1. The Kier molecular flexibility index (Phi) is 5.65. The lowest BCUT2D eigenvalue weighted by Crippen LogP contribution is -2.45. The van der Waals surface area contributed by atoms with Gasteiger partial charge in [0.25, 0.3) is 0 Å². The van der Waals surface area contributed by atoms with E-state index in [4.69, 9.17) is 4.98 Å². The predicted octanol–water partition coefficient (Wildman–Crippen LogP) is 5.33. The van der Waals surface area contributed by atoms with Crippen LogP contribution in [0.4, 0.5) is 5.69 Å². The number of hydrogen-bond donors (Lipinski definition) is 1. The Morgan fingerprint density at radius 1 is 1.00 bits per heavy atom. The van der Waals surface area contributed by atoms with Crippen LogP contribution in [0.2, 0.25) is 0 Å². The van der Waals surface area contributed by atoms with E-state index in [9.17, 15) is 9.59 Å². The molecule has 0 spiro atoms. The van der Waals surface area contributed by atoms with Crippen LogP contribution in [-0.4, -0.2) is 26.3 Å². The summed E-state index contributed by atoms with van der Waals surface area (Å²) < 4.78 is 1.96. The summed E-state index contributed by atoms with van der Waals surface area (Å²) in [5, 5.41) is 3.01. The summed E-state index contributed by atoms with van der Waals surface area (Å²) in [4.78, 5) is 33.7. The van der Waals surface area contributed by atoms with Crippen LogP contribution in [0.5, 0.6) is 0 Å². The van der Waals surface area contributed by atoms with Crippen LogP contribution in [0.15, 0.2) is 72.8 Å². The van der Waals surface area contributed by atoms with E-state index in [1.165, 1.54) is 0 Å². The van der Waals surface area contributed by atoms with Gasteiger partial charge in [0.1, 0.15) is 11.9 Å². The van der Waals surface area contributed by atoms with Gasteiger partial charge in [-0.2, -0.15) is 0 Å². The number of nitrogens with one attached hydrogen (secondary N) is 1. The first-order valence-electron chi connectivity index (χ1n) is 11.6. The van der Waals surface area contributed by atoms with Gasteiger partial charge in [0.2, 0.25) is 11.8 Å². The molecule has 0 bridgehead atoms. The van der Waals surface area contributed by atoms with E-state index in [0.717, 1.165) is 39.2 Å². The van der Waals surface area contributed by atoms with Crippen molar-refractivity contribution in [1.82, 2.24) is 14.5 Å². The van der Waals surface area contributed by atoms with Gasteiger partial charge in [-0.05, 0) is 50.1 Å². The number of fused-ring (bicyclic) bond motifs is 3. The number of benzene rings is 3. The molecule has 0 saturated carbocycles. The van der Waals surface area contributed by atoms with Crippen molar-refractivity contribution < 1.29 is 9.59 Å². The normalized spacial score (nSPS) is 17.6. The highest BCUT2D eigenvalue weighted by atomic mass is 16.2. The van der Waals surface area contributed by atoms with Crippen LogP contribution in [0, 0.1) is 13.8 Å². The summed E-state index contributed by atoms with van der Waals surface area (Å²) in [6.07, 6.45) is 0.0392. The van der Waals surface area contributed by atoms with E-state index in [0.29, 0.717) is 6.54 Å². The number of anilines is 1. The number of carbonyl (C=O) groups is 2. The number of nitrogens with zero attached hydrogens (tertiary/aromatic N) is 3. The smallest absolute Gasteiger partial charge is 0.247 e. The average Bonchev–Trinajstić information content (AvgIpc) is 3.22. The molecule has 1 N–H and O–H groups in total. The molecule has 172 valence electrons. The first kappa shape index (κ1) is 21.9. The maximum absolute atomic E-state index is 13.8. The fourth-order valence-electron chi connectivity index (χ4n) is 4.82. The van der Waals surface area contributed by atoms with E-state index >= 15 is 0 Å². The highest BCUT2D eigenvalue weighted by Gasteiger charge is 2.40. The van der Waals surface area contributed by atoms with Crippen molar-refractivity contribution in [3.63, 3.8) is 0 Å². The number of carbonyl (C=O) groups excluding carboxylic acids is 2. The number of para-hydroxylation sites is 2. The van der Waals surface area contributed by atoms with Crippen molar-refractivity contribution in [2.75, 3.05) is 5.32 Å². The highest BCUT2D eigenvalue weighted by Crippen LogP contribution is 2.37. The second-order valence-corrected chi connectivity index (χ2v) is 9.04. The second-order valence-electron chi connectivity index (χ2n) is 9.04. The van der Waals surface area contributed by atoms with Crippen LogP contribution in [-0.2, 0) is 16.1 Å². The fraction of sp³-hybridized carbons (Fsp3) is 0.250. The minimum Gasteiger partial charge on any atom is -0.327 e. The molecule has 1 aliphatic heterocycles. The Morgan fingerprint density at radius 3 is 2.50 bits per heavy atom. The number of aryl methyl sites for hydroxylation is 2. The van der Waals surface area contributed by atoms with E-state index in [2.05, 4.69) is 5.32 Å². The van der Waals surface area contributed by atoms with Crippen molar-refractivity contribution >= 4 is 28.5 Å². The van der Waals surface area contributed by atoms with Crippen LogP contribution < -0.4 is 5.32 Å². The van der Waals surface area contributed by atoms with E-state index in [1.807, 2.05) is 103 Å². The van der Waals surface area contributed by atoms with Gasteiger partial charge in [-0.3, -0.25) is 9.59 Å². The Bertz CT molecular complexity index is 1380. The first-order valence-corrected chi connectivity index (χ1v) is 11.6. The maximum atomic E-state index is 13.8. The minimum atomic E-state index is -0.659. The van der Waals surface area contributed by atoms with Gasteiger partial charge in [0.05, 0.1) is 23.5 Å². The molecule has 6 nitrogen and oxygen atoms in total. The largest absolute Gasteiger partial charge is 0.327 e. The molecule has 6 heteroatoms. The SMILES string of the molecule is Cc1ccc(NC(=O)C[C@H]2C(=O)N(Cc3ccccc3)[C@@H](C)c3nc4ccccc4n32)c(C)c1. The third-order valence-electron chi connectivity index (χ3n) is 6.57. The zero-order chi connectivity index (χ0) is 23.8. The van der Waals surface area contributed by atoms with Crippen LogP contribution >= 0.6 is 0 Å². The molecule has 0 radical (unpaired) electrons. The van der Waals surface area contributed by atoms with Gasteiger partial charge in [0, 0.05) is 12.2 Å². The molecule has 2 atom stereocenters. The number of rotatable bonds is 5. The molecule has 4 aromatic rings. The molecule has 2 heterocycles. The second kappa shape index (κ2) is 8.78. The van der Waals surface area contributed by atoms with Crippen molar-refractivity contribution in [3.05, 3.63) is 95.3 Å². The summed E-state index contributed by atoms with van der Waals surface area (Å²) in [5.74, 6) is 0.548. The highest BCUT2D eigenvalue weighted by molar-refractivity contribution is 5.96. The number of aromatic nitrogens is 2. The first-order chi connectivity index (χ1) is 16.4.